The van der Waals surface area contributed by atoms with Crippen LogP contribution < -0.4 is 0 Å². The highest BCUT2D eigenvalue weighted by Gasteiger charge is 2.01. The molecule has 0 aliphatic heterocycles. The monoisotopic (exact) mass is 312 g/mol. The summed E-state index contributed by atoms with van der Waals surface area (Å²) in [5.74, 6) is 0. The number of hydrogen-bond donors (Lipinski definition) is 1. The number of halogens is 1. The predicted octanol–water partition coefficient (Wildman–Crippen LogP) is 2.24. The number of nitrogens with zero attached hydrogens (tertiary/aromatic N) is 2. The first-order chi connectivity index (χ1) is 7.29. The smallest absolute Gasteiger partial charge is 0.117 e. The molecule has 1 heterocycles. The molecule has 15 heavy (non-hydrogen) atoms. The Morgan fingerprint density at radius 2 is 2.07 bits per heavy atom. The Labute approximate surface area is 101 Å². The van der Waals surface area contributed by atoms with Crippen molar-refractivity contribution in [2.75, 3.05) is 0 Å². The van der Waals surface area contributed by atoms with E-state index in [4.69, 9.17) is 5.11 Å². The summed E-state index contributed by atoms with van der Waals surface area (Å²) in [6.45, 7) is 0.0516. The van der Waals surface area contributed by atoms with Crippen molar-refractivity contribution in [3.05, 3.63) is 45.9 Å². The lowest BCUT2D eigenvalue weighted by molar-refractivity contribution is 0.282. The van der Waals surface area contributed by atoms with Crippen LogP contribution in [0, 0.1) is 3.70 Å². The van der Waals surface area contributed by atoms with Crippen LogP contribution in [0.1, 0.15) is 5.56 Å². The quantitative estimate of drug-likeness (QED) is 0.683. The van der Waals surface area contributed by atoms with Crippen LogP contribution in [-0.2, 0) is 6.61 Å². The van der Waals surface area contributed by atoms with E-state index in [1.807, 2.05) is 30.3 Å². The molecule has 1 N–H and O–H groups in total. The summed E-state index contributed by atoms with van der Waals surface area (Å²) in [4.78, 5) is 8.22. The first kappa shape index (κ1) is 10.5. The highest BCUT2D eigenvalue weighted by atomic mass is 127. The van der Waals surface area contributed by atoms with Gasteiger partial charge < -0.3 is 5.11 Å². The van der Waals surface area contributed by atoms with E-state index in [1.54, 1.807) is 6.33 Å². The van der Waals surface area contributed by atoms with E-state index in [2.05, 4.69) is 32.6 Å². The van der Waals surface area contributed by atoms with Crippen molar-refractivity contribution < 1.29 is 5.11 Å². The molecule has 0 fully saturated rings. The summed E-state index contributed by atoms with van der Waals surface area (Å²) < 4.78 is 0.909. The van der Waals surface area contributed by atoms with Gasteiger partial charge in [0.05, 0.1) is 12.3 Å². The molecule has 2 aromatic rings. The van der Waals surface area contributed by atoms with Crippen LogP contribution >= 0.6 is 22.6 Å². The summed E-state index contributed by atoms with van der Waals surface area (Å²) in [7, 11) is 0. The Balaban J connectivity index is 2.44. The Kier molecular flexibility index (Phi) is 3.27. The molecule has 0 aliphatic rings. The minimum atomic E-state index is 0.0516. The van der Waals surface area contributed by atoms with E-state index >= 15 is 0 Å². The van der Waals surface area contributed by atoms with Crippen LogP contribution in [0.3, 0.4) is 0 Å². The van der Waals surface area contributed by atoms with E-state index in [-0.39, 0.29) is 6.61 Å². The molecule has 0 saturated heterocycles. The second-order valence-electron chi connectivity index (χ2n) is 3.08. The van der Waals surface area contributed by atoms with Gasteiger partial charge in [-0.05, 0) is 40.3 Å². The molecule has 0 atom stereocenters. The number of aromatic nitrogens is 2. The van der Waals surface area contributed by atoms with Gasteiger partial charge in [-0.3, -0.25) is 0 Å². The fraction of sp³-hybridized carbons (Fsp3) is 0.0909. The van der Waals surface area contributed by atoms with E-state index < -0.39 is 0 Å². The van der Waals surface area contributed by atoms with Crippen LogP contribution in [0.15, 0.2) is 36.7 Å². The molecule has 76 valence electrons. The number of benzene rings is 1. The number of aliphatic hydroxyl groups excluding tert-OH is 1. The standard InChI is InChI=1S/C11H9IN2O/c12-11-5-10(13-7-14-11)9-3-1-2-8(4-9)6-15/h1-5,7,15H,6H2. The molecule has 0 radical (unpaired) electrons. The van der Waals surface area contributed by atoms with E-state index in [0.29, 0.717) is 0 Å². The van der Waals surface area contributed by atoms with Crippen molar-refractivity contribution in [1.29, 1.82) is 0 Å². The summed E-state index contributed by atoms with van der Waals surface area (Å²) >= 11 is 2.15. The van der Waals surface area contributed by atoms with Gasteiger partial charge in [-0.1, -0.05) is 18.2 Å². The number of aliphatic hydroxyl groups is 1. The van der Waals surface area contributed by atoms with Crippen LogP contribution in [0.5, 0.6) is 0 Å². The molecule has 0 saturated carbocycles. The van der Waals surface area contributed by atoms with Crippen LogP contribution in [0.25, 0.3) is 11.3 Å². The lowest BCUT2D eigenvalue weighted by Gasteiger charge is -2.02. The van der Waals surface area contributed by atoms with Crippen LogP contribution in [0.4, 0.5) is 0 Å². The average molecular weight is 312 g/mol. The highest BCUT2D eigenvalue weighted by molar-refractivity contribution is 14.1. The molecule has 2 rings (SSSR count). The van der Waals surface area contributed by atoms with E-state index in [9.17, 15) is 0 Å². The first-order valence-electron chi connectivity index (χ1n) is 4.47. The molecule has 3 nitrogen and oxygen atoms in total. The van der Waals surface area contributed by atoms with E-state index in [1.165, 1.54) is 0 Å². The Bertz CT molecular complexity index is 474. The summed E-state index contributed by atoms with van der Waals surface area (Å²) in [6.07, 6.45) is 1.54. The van der Waals surface area contributed by atoms with Crippen molar-refractivity contribution >= 4 is 22.6 Å². The third-order valence-electron chi connectivity index (χ3n) is 2.04. The Morgan fingerprint density at radius 3 is 2.80 bits per heavy atom. The second-order valence-corrected chi connectivity index (χ2v) is 4.19. The van der Waals surface area contributed by atoms with Gasteiger partial charge in [0.1, 0.15) is 10.0 Å². The highest BCUT2D eigenvalue weighted by Crippen LogP contribution is 2.18. The number of rotatable bonds is 2. The maximum Gasteiger partial charge on any atom is 0.117 e. The van der Waals surface area contributed by atoms with Crippen molar-refractivity contribution in [1.82, 2.24) is 9.97 Å². The fourth-order valence-corrected chi connectivity index (χ4v) is 1.74. The molecular weight excluding hydrogens is 303 g/mol. The second kappa shape index (κ2) is 4.67. The van der Waals surface area contributed by atoms with Gasteiger partial charge >= 0.3 is 0 Å². The molecule has 0 bridgehead atoms. The van der Waals surface area contributed by atoms with Gasteiger partial charge in [0.25, 0.3) is 0 Å². The minimum Gasteiger partial charge on any atom is -0.392 e. The predicted molar refractivity (Wildman–Crippen MR) is 66.1 cm³/mol. The van der Waals surface area contributed by atoms with Crippen molar-refractivity contribution in [2.24, 2.45) is 0 Å². The molecule has 0 unspecified atom stereocenters. The zero-order valence-corrected chi connectivity index (χ0v) is 10.0. The molecular formula is C11H9IN2O. The maximum atomic E-state index is 9.03. The molecule has 0 aliphatic carbocycles. The van der Waals surface area contributed by atoms with Crippen LogP contribution in [0.2, 0.25) is 0 Å². The topological polar surface area (TPSA) is 46.0 Å². The largest absolute Gasteiger partial charge is 0.392 e. The molecule has 1 aromatic heterocycles. The molecule has 0 amide bonds. The van der Waals surface area contributed by atoms with Gasteiger partial charge in [0, 0.05) is 5.56 Å². The molecule has 4 heteroatoms. The maximum absolute atomic E-state index is 9.03. The zero-order chi connectivity index (χ0) is 10.7. The lowest BCUT2D eigenvalue weighted by Crippen LogP contribution is -1.89. The Hall–Kier alpha value is -1.01. The third-order valence-corrected chi connectivity index (χ3v) is 2.63. The molecule has 1 aromatic carbocycles. The van der Waals surface area contributed by atoms with Crippen molar-refractivity contribution in [3.63, 3.8) is 0 Å². The Morgan fingerprint density at radius 1 is 1.20 bits per heavy atom. The van der Waals surface area contributed by atoms with Gasteiger partial charge in [-0.15, -0.1) is 0 Å². The zero-order valence-electron chi connectivity index (χ0n) is 7.89. The van der Waals surface area contributed by atoms with Gasteiger partial charge in [-0.2, -0.15) is 0 Å². The van der Waals surface area contributed by atoms with Crippen molar-refractivity contribution in [3.8, 4) is 11.3 Å². The van der Waals surface area contributed by atoms with E-state index in [0.717, 1.165) is 20.5 Å². The number of hydrogen-bond acceptors (Lipinski definition) is 3. The SMILES string of the molecule is OCc1cccc(-c2cc(I)ncn2)c1. The first-order valence-corrected chi connectivity index (χ1v) is 5.55. The minimum absolute atomic E-state index is 0.0516. The van der Waals surface area contributed by atoms with Gasteiger partial charge in [-0.25, -0.2) is 9.97 Å². The lowest BCUT2D eigenvalue weighted by atomic mass is 10.1. The summed E-state index contributed by atoms with van der Waals surface area (Å²) in [5.41, 5.74) is 2.77. The average Bonchev–Trinajstić information content (AvgIpc) is 2.29. The van der Waals surface area contributed by atoms with Crippen molar-refractivity contribution in [2.45, 2.75) is 6.61 Å². The van der Waals surface area contributed by atoms with Gasteiger partial charge in [0.2, 0.25) is 0 Å². The summed E-state index contributed by atoms with van der Waals surface area (Å²) in [6, 6.07) is 9.61. The van der Waals surface area contributed by atoms with Crippen LogP contribution in [-0.4, -0.2) is 15.1 Å². The third kappa shape index (κ3) is 2.51. The normalized spacial score (nSPS) is 10.3. The summed E-state index contributed by atoms with van der Waals surface area (Å²) in [5, 5.41) is 9.03. The molecule has 0 spiro atoms. The fourth-order valence-electron chi connectivity index (χ4n) is 1.32. The van der Waals surface area contributed by atoms with Gasteiger partial charge in [0.15, 0.2) is 0 Å².